The predicted octanol–water partition coefficient (Wildman–Crippen LogP) is 0.521. The van der Waals surface area contributed by atoms with E-state index < -0.39 is 0 Å². The number of nitrogens with zero attached hydrogens (tertiary/aromatic N) is 4. The summed E-state index contributed by atoms with van der Waals surface area (Å²) in [5, 5.41) is 4.01. The van der Waals surface area contributed by atoms with Crippen LogP contribution in [0.15, 0.2) is 47.7 Å². The van der Waals surface area contributed by atoms with Crippen molar-refractivity contribution < 1.29 is 0 Å². The molecule has 3 aromatic heterocycles. The average Bonchev–Trinajstić information content (AvgIpc) is 2.82. The van der Waals surface area contributed by atoms with E-state index in [1.807, 2.05) is 12.1 Å². The Morgan fingerprint density at radius 1 is 1.22 bits per heavy atom. The lowest BCUT2D eigenvalue weighted by Crippen LogP contribution is -2.22. The highest BCUT2D eigenvalue weighted by Crippen LogP contribution is 2.02. The smallest absolute Gasteiger partial charge is 0.276 e. The molecular formula is C12H11N5O. The third kappa shape index (κ3) is 1.73. The monoisotopic (exact) mass is 241 g/mol. The van der Waals surface area contributed by atoms with Gasteiger partial charge in [0.25, 0.3) is 5.56 Å². The lowest BCUT2D eigenvalue weighted by Gasteiger charge is -2.06. The summed E-state index contributed by atoms with van der Waals surface area (Å²) in [6, 6.07) is 7.06. The van der Waals surface area contributed by atoms with Crippen molar-refractivity contribution in [2.45, 2.75) is 6.54 Å². The van der Waals surface area contributed by atoms with E-state index >= 15 is 0 Å². The summed E-state index contributed by atoms with van der Waals surface area (Å²) in [5.74, 6) is 0.450. The fraction of sp³-hybridized carbons (Fsp3) is 0.0833. The van der Waals surface area contributed by atoms with Gasteiger partial charge in [0.2, 0.25) is 0 Å². The highest BCUT2D eigenvalue weighted by Gasteiger charge is 2.04. The van der Waals surface area contributed by atoms with Crippen molar-refractivity contribution in [2.75, 3.05) is 5.73 Å². The molecule has 0 saturated carbocycles. The number of fused-ring (bicyclic) bond motifs is 1. The van der Waals surface area contributed by atoms with Crippen LogP contribution in [0.4, 0.5) is 5.82 Å². The molecular weight excluding hydrogens is 230 g/mol. The molecule has 0 aliphatic rings. The van der Waals surface area contributed by atoms with Gasteiger partial charge in [0, 0.05) is 12.4 Å². The number of aromatic nitrogens is 4. The number of anilines is 1. The Balaban J connectivity index is 2.05. The van der Waals surface area contributed by atoms with Crippen molar-refractivity contribution in [3.63, 3.8) is 0 Å². The topological polar surface area (TPSA) is 78.2 Å². The first-order valence-corrected chi connectivity index (χ1v) is 5.48. The Bertz CT molecular complexity index is 758. The van der Waals surface area contributed by atoms with E-state index in [2.05, 4.69) is 10.1 Å². The van der Waals surface area contributed by atoms with Crippen molar-refractivity contribution in [1.82, 2.24) is 19.2 Å². The number of nitrogen functional groups attached to an aromatic ring is 1. The summed E-state index contributed by atoms with van der Waals surface area (Å²) in [5.41, 5.74) is 6.81. The van der Waals surface area contributed by atoms with Gasteiger partial charge in [-0.05, 0) is 18.2 Å². The predicted molar refractivity (Wildman–Crippen MR) is 67.2 cm³/mol. The summed E-state index contributed by atoms with van der Waals surface area (Å²) in [6.45, 7) is 0.394. The van der Waals surface area contributed by atoms with Gasteiger partial charge in [0.1, 0.15) is 11.3 Å². The van der Waals surface area contributed by atoms with E-state index in [0.717, 1.165) is 5.69 Å². The van der Waals surface area contributed by atoms with Gasteiger partial charge >= 0.3 is 0 Å². The molecule has 0 radical (unpaired) electrons. The maximum atomic E-state index is 12.1. The largest absolute Gasteiger partial charge is 0.384 e. The standard InChI is InChI=1S/C12H11N5O/c13-11-3-1-2-9(15-11)8-16-6-7-17-10(12(16)18)4-5-14-17/h1-7H,8H2,(H2,13,15). The molecule has 6 nitrogen and oxygen atoms in total. The summed E-state index contributed by atoms with van der Waals surface area (Å²) < 4.78 is 3.13. The van der Waals surface area contributed by atoms with Crippen molar-refractivity contribution in [1.29, 1.82) is 0 Å². The van der Waals surface area contributed by atoms with Crippen LogP contribution in [0.1, 0.15) is 5.69 Å². The van der Waals surface area contributed by atoms with Gasteiger partial charge in [-0.2, -0.15) is 5.10 Å². The van der Waals surface area contributed by atoms with Crippen LogP contribution >= 0.6 is 0 Å². The number of nitrogens with two attached hydrogens (primary N) is 1. The lowest BCUT2D eigenvalue weighted by atomic mass is 10.3. The zero-order valence-corrected chi connectivity index (χ0v) is 9.52. The molecule has 0 aliphatic heterocycles. The van der Waals surface area contributed by atoms with Crippen LogP contribution in [0.25, 0.3) is 5.52 Å². The van der Waals surface area contributed by atoms with Gasteiger partial charge in [-0.3, -0.25) is 4.79 Å². The summed E-state index contributed by atoms with van der Waals surface area (Å²) in [7, 11) is 0. The maximum absolute atomic E-state index is 12.1. The van der Waals surface area contributed by atoms with Crippen LogP contribution in [-0.4, -0.2) is 19.2 Å². The van der Waals surface area contributed by atoms with Crippen molar-refractivity contribution in [3.8, 4) is 0 Å². The van der Waals surface area contributed by atoms with Gasteiger partial charge < -0.3 is 10.3 Å². The minimum atomic E-state index is -0.0979. The second-order valence-corrected chi connectivity index (χ2v) is 3.95. The molecule has 0 bridgehead atoms. The average molecular weight is 241 g/mol. The molecule has 0 aliphatic carbocycles. The van der Waals surface area contributed by atoms with E-state index in [0.29, 0.717) is 17.9 Å². The van der Waals surface area contributed by atoms with Gasteiger partial charge in [0.05, 0.1) is 18.4 Å². The zero-order chi connectivity index (χ0) is 12.5. The van der Waals surface area contributed by atoms with Crippen LogP contribution < -0.4 is 11.3 Å². The third-order valence-corrected chi connectivity index (χ3v) is 2.70. The molecule has 3 heterocycles. The van der Waals surface area contributed by atoms with Crippen LogP contribution in [0.2, 0.25) is 0 Å². The van der Waals surface area contributed by atoms with E-state index in [1.54, 1.807) is 39.8 Å². The molecule has 0 aromatic carbocycles. The fourth-order valence-electron chi connectivity index (χ4n) is 1.85. The number of rotatable bonds is 2. The van der Waals surface area contributed by atoms with Crippen molar-refractivity contribution in [3.05, 3.63) is 58.9 Å². The first-order chi connectivity index (χ1) is 8.74. The quantitative estimate of drug-likeness (QED) is 0.709. The van der Waals surface area contributed by atoms with E-state index in [-0.39, 0.29) is 5.56 Å². The summed E-state index contributed by atoms with van der Waals surface area (Å²) in [6.07, 6.45) is 5.02. The van der Waals surface area contributed by atoms with Crippen LogP contribution in [0.3, 0.4) is 0 Å². The van der Waals surface area contributed by atoms with Gasteiger partial charge in [0.15, 0.2) is 0 Å². The fourth-order valence-corrected chi connectivity index (χ4v) is 1.85. The lowest BCUT2D eigenvalue weighted by molar-refractivity contribution is 0.727. The van der Waals surface area contributed by atoms with Crippen LogP contribution in [0.5, 0.6) is 0 Å². The minimum absolute atomic E-state index is 0.0979. The van der Waals surface area contributed by atoms with E-state index in [9.17, 15) is 4.79 Å². The molecule has 2 N–H and O–H groups in total. The number of pyridine rings is 1. The highest BCUT2D eigenvalue weighted by molar-refractivity contribution is 5.42. The molecule has 6 heteroatoms. The molecule has 0 spiro atoms. The zero-order valence-electron chi connectivity index (χ0n) is 9.52. The summed E-state index contributed by atoms with van der Waals surface area (Å²) in [4.78, 5) is 16.3. The van der Waals surface area contributed by atoms with E-state index in [4.69, 9.17) is 5.73 Å². The number of hydrogen-bond acceptors (Lipinski definition) is 4. The molecule has 0 fully saturated rings. The van der Waals surface area contributed by atoms with Gasteiger partial charge in [-0.1, -0.05) is 6.07 Å². The summed E-state index contributed by atoms with van der Waals surface area (Å²) >= 11 is 0. The molecule has 0 amide bonds. The van der Waals surface area contributed by atoms with Crippen LogP contribution in [0, 0.1) is 0 Å². The van der Waals surface area contributed by atoms with Gasteiger partial charge in [-0.15, -0.1) is 0 Å². The Labute approximate surface area is 102 Å². The first-order valence-electron chi connectivity index (χ1n) is 5.48. The molecule has 3 aromatic rings. The molecule has 18 heavy (non-hydrogen) atoms. The van der Waals surface area contributed by atoms with Crippen LogP contribution in [-0.2, 0) is 6.54 Å². The molecule has 0 unspecified atom stereocenters. The Morgan fingerprint density at radius 3 is 2.94 bits per heavy atom. The van der Waals surface area contributed by atoms with Crippen molar-refractivity contribution >= 4 is 11.3 Å². The molecule has 90 valence electrons. The minimum Gasteiger partial charge on any atom is -0.384 e. The molecule has 0 atom stereocenters. The normalized spacial score (nSPS) is 10.9. The molecule has 0 saturated heterocycles. The Morgan fingerprint density at radius 2 is 2.11 bits per heavy atom. The third-order valence-electron chi connectivity index (χ3n) is 2.70. The highest BCUT2D eigenvalue weighted by atomic mass is 16.1. The Hall–Kier alpha value is -2.63. The van der Waals surface area contributed by atoms with Gasteiger partial charge in [-0.25, -0.2) is 9.50 Å². The Kier molecular flexibility index (Phi) is 2.33. The second kappa shape index (κ2) is 3.99. The number of hydrogen-bond donors (Lipinski definition) is 1. The molecule has 3 rings (SSSR count). The SMILES string of the molecule is Nc1cccc(Cn2ccn3nccc3c2=O)n1. The van der Waals surface area contributed by atoms with E-state index in [1.165, 1.54) is 0 Å². The first kappa shape index (κ1) is 10.5. The maximum Gasteiger partial charge on any atom is 0.276 e. The van der Waals surface area contributed by atoms with Crippen molar-refractivity contribution in [2.24, 2.45) is 0 Å². The second-order valence-electron chi connectivity index (χ2n) is 3.95.